The SMILES string of the molecule is COC=O.O=C(N1CCC2(S(=O)(=O)c3cccc(F)c3)c3ccc(C(F)(C(F)(F)F)C(F)(F)F)cc3NCC12)C1(F)CCCCC1. The molecule has 1 saturated carbocycles. The molecule has 0 spiro atoms. The number of benzene rings is 2. The van der Waals surface area contributed by atoms with Crippen LogP contribution in [0, 0.1) is 5.82 Å². The number of carbonyl (C=O) groups excluding carboxylic acids is 2. The van der Waals surface area contributed by atoms with Crippen molar-refractivity contribution in [2.75, 3.05) is 25.5 Å². The Labute approximate surface area is 258 Å². The number of halogens is 9. The first kappa shape index (κ1) is 35.4. The Bertz CT molecular complexity index is 1560. The van der Waals surface area contributed by atoms with E-state index in [2.05, 4.69) is 10.1 Å². The summed E-state index contributed by atoms with van der Waals surface area (Å²) in [6, 6.07) is 3.54. The number of sulfone groups is 1. The van der Waals surface area contributed by atoms with Crippen LogP contribution in [-0.4, -0.2) is 70.0 Å². The third-order valence-corrected chi connectivity index (χ3v) is 11.3. The van der Waals surface area contributed by atoms with Crippen molar-refractivity contribution in [3.63, 3.8) is 0 Å². The van der Waals surface area contributed by atoms with E-state index in [1.807, 2.05) is 0 Å². The first-order chi connectivity index (χ1) is 21.3. The lowest BCUT2D eigenvalue weighted by Gasteiger charge is -2.44. The number of rotatable bonds is 5. The van der Waals surface area contributed by atoms with Gasteiger partial charge in [0.1, 0.15) is 10.6 Å². The van der Waals surface area contributed by atoms with Crippen molar-refractivity contribution in [2.45, 2.75) is 77.9 Å². The molecular formula is C29H29F9N2O5S. The Morgan fingerprint density at radius 1 is 0.978 bits per heavy atom. The normalized spacial score (nSPS) is 22.8. The summed E-state index contributed by atoms with van der Waals surface area (Å²) in [6.07, 6.45) is -11.9. The molecule has 2 aliphatic heterocycles. The molecule has 1 aliphatic carbocycles. The second-order valence-electron chi connectivity index (χ2n) is 11.3. The molecule has 0 radical (unpaired) electrons. The molecule has 0 bridgehead atoms. The molecule has 2 heterocycles. The number of hydrogen-bond acceptors (Lipinski definition) is 6. The number of nitrogens with one attached hydrogen (secondary N) is 1. The number of fused-ring (bicyclic) bond motifs is 3. The van der Waals surface area contributed by atoms with Gasteiger partial charge in [-0.05, 0) is 61.9 Å². The predicted molar refractivity (Wildman–Crippen MR) is 145 cm³/mol. The molecular weight excluding hydrogens is 659 g/mol. The van der Waals surface area contributed by atoms with Gasteiger partial charge in [-0.2, -0.15) is 26.3 Å². The molecule has 2 aromatic rings. The third-order valence-electron chi connectivity index (χ3n) is 8.75. The van der Waals surface area contributed by atoms with Crippen LogP contribution in [0.25, 0.3) is 0 Å². The number of anilines is 1. The molecule has 17 heteroatoms. The summed E-state index contributed by atoms with van der Waals surface area (Å²) in [5.74, 6) is -1.91. The van der Waals surface area contributed by atoms with Gasteiger partial charge in [-0.3, -0.25) is 9.59 Å². The van der Waals surface area contributed by atoms with Crippen LogP contribution in [0.1, 0.15) is 49.7 Å². The van der Waals surface area contributed by atoms with Crippen LogP contribution in [0.2, 0.25) is 0 Å². The minimum Gasteiger partial charge on any atom is -0.471 e. The topological polar surface area (TPSA) is 92.8 Å². The molecule has 46 heavy (non-hydrogen) atoms. The number of likely N-dealkylation sites (tertiary alicyclic amines) is 1. The standard InChI is InChI=1S/C27H25F9N2O3S.C2H4O2/c28-17-5-4-6-18(14-17)42(40,41)24-11-12-38(22(39)23(29)9-2-1-3-10-23)21(24)15-37-20-13-16(7-8-19(20)24)25(30,26(31,32)33)27(34,35)36;1-4-2-3/h4-8,13-14,21,37H,1-3,9-12,15H2;2H,1H3. The monoisotopic (exact) mass is 688 g/mol. The van der Waals surface area contributed by atoms with Gasteiger partial charge in [-0.25, -0.2) is 21.6 Å². The Morgan fingerprint density at radius 3 is 2.13 bits per heavy atom. The van der Waals surface area contributed by atoms with Crippen LogP contribution in [0.15, 0.2) is 47.4 Å². The number of ether oxygens (including phenoxy) is 1. The molecule has 5 rings (SSSR count). The molecule has 2 fully saturated rings. The first-order valence-corrected chi connectivity index (χ1v) is 15.5. The number of amides is 1. The summed E-state index contributed by atoms with van der Waals surface area (Å²) in [4.78, 5) is 23.0. The molecule has 1 amide bonds. The molecule has 1 N–H and O–H groups in total. The highest BCUT2D eigenvalue weighted by molar-refractivity contribution is 7.92. The number of alkyl halides is 8. The van der Waals surface area contributed by atoms with Crippen molar-refractivity contribution in [3.8, 4) is 0 Å². The van der Waals surface area contributed by atoms with Gasteiger partial charge < -0.3 is 15.0 Å². The summed E-state index contributed by atoms with van der Waals surface area (Å²) in [6.45, 7) is -0.463. The second-order valence-corrected chi connectivity index (χ2v) is 13.5. The summed E-state index contributed by atoms with van der Waals surface area (Å²) >= 11 is 0. The van der Waals surface area contributed by atoms with Crippen molar-refractivity contribution in [1.82, 2.24) is 4.90 Å². The number of hydrogen-bond donors (Lipinski definition) is 1. The van der Waals surface area contributed by atoms with Crippen LogP contribution in [-0.2, 0) is 34.6 Å². The van der Waals surface area contributed by atoms with Gasteiger partial charge in [-0.1, -0.05) is 24.6 Å². The van der Waals surface area contributed by atoms with Gasteiger partial charge in [0.15, 0.2) is 15.5 Å². The van der Waals surface area contributed by atoms with Gasteiger partial charge in [-0.15, -0.1) is 0 Å². The third kappa shape index (κ3) is 5.57. The predicted octanol–water partition coefficient (Wildman–Crippen LogP) is 6.27. The average molecular weight is 689 g/mol. The maximum atomic E-state index is 15.8. The summed E-state index contributed by atoms with van der Waals surface area (Å²) in [5.41, 5.74) is -10.8. The Balaban J connectivity index is 0.00000113. The molecule has 254 valence electrons. The van der Waals surface area contributed by atoms with E-state index in [9.17, 15) is 48.3 Å². The highest BCUT2D eigenvalue weighted by atomic mass is 32.2. The smallest absolute Gasteiger partial charge is 0.435 e. The summed E-state index contributed by atoms with van der Waals surface area (Å²) in [5, 5.41) is 2.55. The zero-order chi connectivity index (χ0) is 34.3. The molecule has 1 saturated heterocycles. The summed E-state index contributed by atoms with van der Waals surface area (Å²) in [7, 11) is -3.44. The lowest BCUT2D eigenvalue weighted by Crippen LogP contribution is -2.58. The summed E-state index contributed by atoms with van der Waals surface area (Å²) < 4.78 is 156. The highest BCUT2D eigenvalue weighted by Gasteiger charge is 2.74. The van der Waals surface area contributed by atoms with E-state index >= 15 is 4.39 Å². The fraction of sp³-hybridized carbons (Fsp3) is 0.517. The quantitative estimate of drug-likeness (QED) is 0.294. The van der Waals surface area contributed by atoms with Gasteiger partial charge in [0.2, 0.25) is 0 Å². The van der Waals surface area contributed by atoms with Gasteiger partial charge >= 0.3 is 18.0 Å². The van der Waals surface area contributed by atoms with E-state index in [-0.39, 0.29) is 37.1 Å². The second kappa shape index (κ2) is 12.3. The van der Waals surface area contributed by atoms with E-state index in [0.29, 0.717) is 37.9 Å². The molecule has 3 aliphatic rings. The molecule has 0 aromatic heterocycles. The highest BCUT2D eigenvalue weighted by Crippen LogP contribution is 2.57. The van der Waals surface area contributed by atoms with Crippen LogP contribution in [0.3, 0.4) is 0 Å². The fourth-order valence-corrected chi connectivity index (χ4v) is 8.89. The lowest BCUT2D eigenvalue weighted by molar-refractivity contribution is -0.348. The Kier molecular flexibility index (Phi) is 9.43. The first-order valence-electron chi connectivity index (χ1n) is 14.0. The van der Waals surface area contributed by atoms with Crippen LogP contribution in [0.5, 0.6) is 0 Å². The van der Waals surface area contributed by atoms with E-state index in [1.165, 1.54) is 7.11 Å². The average Bonchev–Trinajstić information content (AvgIpc) is 3.41. The molecule has 2 aromatic carbocycles. The molecule has 7 nitrogen and oxygen atoms in total. The zero-order valence-electron chi connectivity index (χ0n) is 24.2. The van der Waals surface area contributed by atoms with Crippen LogP contribution >= 0.6 is 0 Å². The minimum atomic E-state index is -6.41. The Morgan fingerprint density at radius 2 is 1.59 bits per heavy atom. The van der Waals surface area contributed by atoms with E-state index in [4.69, 9.17) is 4.79 Å². The van der Waals surface area contributed by atoms with Crippen molar-refractivity contribution < 1.29 is 62.3 Å². The van der Waals surface area contributed by atoms with Crippen LogP contribution < -0.4 is 5.32 Å². The minimum absolute atomic E-state index is 0.0977. The maximum Gasteiger partial charge on any atom is 0.435 e. The Hall–Kier alpha value is -3.50. The van der Waals surface area contributed by atoms with Crippen molar-refractivity contribution in [1.29, 1.82) is 0 Å². The maximum absolute atomic E-state index is 15.8. The van der Waals surface area contributed by atoms with Gasteiger partial charge in [0.05, 0.1) is 18.0 Å². The van der Waals surface area contributed by atoms with Gasteiger partial charge in [0, 0.05) is 24.3 Å². The van der Waals surface area contributed by atoms with Gasteiger partial charge in [0.25, 0.3) is 12.4 Å². The number of nitrogens with zero attached hydrogens (tertiary/aromatic N) is 1. The van der Waals surface area contributed by atoms with Crippen molar-refractivity contribution in [3.05, 3.63) is 59.4 Å². The van der Waals surface area contributed by atoms with Crippen molar-refractivity contribution >= 4 is 27.9 Å². The fourth-order valence-electron chi connectivity index (χ4n) is 6.55. The zero-order valence-corrected chi connectivity index (χ0v) is 25.0. The van der Waals surface area contributed by atoms with E-state index in [1.54, 1.807) is 0 Å². The van der Waals surface area contributed by atoms with E-state index < -0.39 is 85.2 Å². The largest absolute Gasteiger partial charge is 0.471 e. The lowest BCUT2D eigenvalue weighted by atomic mass is 9.82. The van der Waals surface area contributed by atoms with E-state index in [0.717, 1.165) is 23.1 Å². The molecule has 2 atom stereocenters. The van der Waals surface area contributed by atoms with Crippen molar-refractivity contribution in [2.24, 2.45) is 0 Å². The number of methoxy groups -OCH3 is 1. The number of carbonyl (C=O) groups is 2. The van der Waals surface area contributed by atoms with Crippen LogP contribution in [0.4, 0.5) is 45.2 Å². The molecule has 2 unspecified atom stereocenters.